The molecule has 0 N–H and O–H groups in total. The van der Waals surface area contributed by atoms with E-state index >= 15 is 0 Å². The lowest BCUT2D eigenvalue weighted by molar-refractivity contribution is -0.135. The summed E-state index contributed by atoms with van der Waals surface area (Å²) < 4.78 is 2.31. The van der Waals surface area contributed by atoms with E-state index in [1.165, 1.54) is 36.1 Å². The minimum absolute atomic E-state index is 0.211. The normalized spacial score (nSPS) is 14.2. The van der Waals surface area contributed by atoms with Crippen LogP contribution in [-0.2, 0) is 17.9 Å². The van der Waals surface area contributed by atoms with Gasteiger partial charge in [0.05, 0.1) is 12.5 Å². The Balaban J connectivity index is 1.49. The van der Waals surface area contributed by atoms with Gasteiger partial charge in [0.2, 0.25) is 5.91 Å². The van der Waals surface area contributed by atoms with Gasteiger partial charge in [0, 0.05) is 24.5 Å². The van der Waals surface area contributed by atoms with Gasteiger partial charge < -0.3 is 9.47 Å². The monoisotopic (exact) mass is 476 g/mol. The highest BCUT2D eigenvalue weighted by Gasteiger charge is 2.33. The molecule has 1 aromatic heterocycles. The van der Waals surface area contributed by atoms with Crippen molar-refractivity contribution in [1.82, 2.24) is 9.47 Å². The van der Waals surface area contributed by atoms with E-state index in [0.717, 1.165) is 30.5 Å². The molecule has 5 rings (SSSR count). The van der Waals surface area contributed by atoms with Crippen molar-refractivity contribution in [2.75, 3.05) is 0 Å². The lowest BCUT2D eigenvalue weighted by Gasteiger charge is -2.37. The third kappa shape index (κ3) is 5.46. The first-order valence-corrected chi connectivity index (χ1v) is 13.3. The van der Waals surface area contributed by atoms with Crippen LogP contribution in [0, 0.1) is 6.92 Å². The highest BCUT2D eigenvalue weighted by molar-refractivity contribution is 5.87. The number of aryl methyl sites for hydroxylation is 1. The van der Waals surface area contributed by atoms with Crippen molar-refractivity contribution in [2.24, 2.45) is 0 Å². The van der Waals surface area contributed by atoms with Crippen LogP contribution in [-0.4, -0.2) is 21.4 Å². The molecule has 3 nitrogen and oxygen atoms in total. The Morgan fingerprint density at radius 3 is 2.06 bits per heavy atom. The molecule has 0 radical (unpaired) electrons. The summed E-state index contributed by atoms with van der Waals surface area (Å²) in [5.74, 6) is -0.0861. The lowest BCUT2D eigenvalue weighted by atomic mass is 9.87. The fourth-order valence-corrected chi connectivity index (χ4v) is 5.61. The van der Waals surface area contributed by atoms with E-state index < -0.39 is 0 Å². The van der Waals surface area contributed by atoms with Crippen LogP contribution in [0.1, 0.15) is 66.0 Å². The number of aromatic nitrogens is 1. The van der Waals surface area contributed by atoms with Crippen LogP contribution in [0.4, 0.5) is 0 Å². The highest BCUT2D eigenvalue weighted by Crippen LogP contribution is 2.32. The zero-order chi connectivity index (χ0) is 24.7. The quantitative estimate of drug-likeness (QED) is 0.261. The maximum Gasteiger partial charge on any atom is 0.235 e. The summed E-state index contributed by atoms with van der Waals surface area (Å²) in [7, 11) is 0. The molecule has 36 heavy (non-hydrogen) atoms. The zero-order valence-electron chi connectivity index (χ0n) is 21.2. The average molecular weight is 477 g/mol. The van der Waals surface area contributed by atoms with Crippen LogP contribution in [0.25, 0.3) is 0 Å². The van der Waals surface area contributed by atoms with Crippen molar-refractivity contribution in [1.29, 1.82) is 0 Å². The van der Waals surface area contributed by atoms with Crippen molar-refractivity contribution in [2.45, 2.75) is 64.1 Å². The molecule has 1 fully saturated rings. The second-order valence-corrected chi connectivity index (χ2v) is 10.1. The molecule has 0 bridgehead atoms. The molecular formula is C33H36N2O. The molecule has 0 unspecified atom stereocenters. The topological polar surface area (TPSA) is 25.2 Å². The van der Waals surface area contributed by atoms with Gasteiger partial charge in [-0.15, -0.1) is 0 Å². The molecule has 0 saturated heterocycles. The Hall–Kier alpha value is -3.59. The van der Waals surface area contributed by atoms with Crippen LogP contribution < -0.4 is 0 Å². The van der Waals surface area contributed by atoms with Gasteiger partial charge in [-0.1, -0.05) is 104 Å². The van der Waals surface area contributed by atoms with Gasteiger partial charge in [0.25, 0.3) is 0 Å². The number of benzene rings is 3. The first-order chi connectivity index (χ1) is 17.7. The predicted molar refractivity (Wildman–Crippen MR) is 147 cm³/mol. The number of hydrogen-bond acceptors (Lipinski definition) is 1. The van der Waals surface area contributed by atoms with Crippen molar-refractivity contribution in [3.05, 3.63) is 131 Å². The Labute approximate surface area is 215 Å². The molecule has 1 aliphatic carbocycles. The minimum Gasteiger partial charge on any atom is -0.345 e. The van der Waals surface area contributed by atoms with Crippen LogP contribution in [0.3, 0.4) is 0 Å². The highest BCUT2D eigenvalue weighted by atomic mass is 16.2. The molecule has 1 aliphatic rings. The fourth-order valence-electron chi connectivity index (χ4n) is 5.61. The first-order valence-electron chi connectivity index (χ1n) is 13.3. The van der Waals surface area contributed by atoms with Crippen molar-refractivity contribution in [3.8, 4) is 0 Å². The zero-order valence-corrected chi connectivity index (χ0v) is 21.2. The standard InChI is InChI=1S/C33H36N2O/c1-26-14-11-12-19-29(26)24-34-23-13-22-31(34)25-35(30-20-9-4-10-21-30)33(36)32(27-15-5-2-6-16-27)28-17-7-3-8-18-28/h2-3,5-8,11-19,22-23,30,32H,4,9-10,20-21,24-25H2,1H3. The SMILES string of the molecule is Cc1ccccc1Cn1cccc1CN(C(=O)C(c1ccccc1)c1ccccc1)C1CCCCC1. The summed E-state index contributed by atoms with van der Waals surface area (Å²) in [5.41, 5.74) is 5.93. The Bertz CT molecular complexity index is 1220. The molecule has 1 heterocycles. The van der Waals surface area contributed by atoms with Gasteiger partial charge in [-0.3, -0.25) is 4.79 Å². The maximum atomic E-state index is 14.5. The predicted octanol–water partition coefficient (Wildman–Crippen LogP) is 7.34. The van der Waals surface area contributed by atoms with Gasteiger partial charge in [0.1, 0.15) is 0 Å². The van der Waals surface area contributed by atoms with Crippen molar-refractivity contribution in [3.63, 3.8) is 0 Å². The number of carbonyl (C=O) groups excluding carboxylic acids is 1. The summed E-state index contributed by atoms with van der Waals surface area (Å²) in [6.45, 7) is 3.63. The Morgan fingerprint density at radius 1 is 0.806 bits per heavy atom. The van der Waals surface area contributed by atoms with E-state index in [0.29, 0.717) is 6.54 Å². The second-order valence-electron chi connectivity index (χ2n) is 10.1. The number of amides is 1. The van der Waals surface area contributed by atoms with Gasteiger partial charge in [-0.25, -0.2) is 0 Å². The van der Waals surface area contributed by atoms with Crippen molar-refractivity contribution >= 4 is 5.91 Å². The molecule has 1 saturated carbocycles. The molecule has 184 valence electrons. The number of nitrogens with zero attached hydrogens (tertiary/aromatic N) is 2. The summed E-state index contributed by atoms with van der Waals surface area (Å²) in [5, 5.41) is 0. The molecular weight excluding hydrogens is 440 g/mol. The van der Waals surface area contributed by atoms with Gasteiger partial charge in [-0.05, 0) is 54.2 Å². The van der Waals surface area contributed by atoms with E-state index in [2.05, 4.69) is 83.3 Å². The van der Waals surface area contributed by atoms with Crippen LogP contribution in [0.15, 0.2) is 103 Å². The maximum absolute atomic E-state index is 14.5. The Morgan fingerprint density at radius 2 is 1.42 bits per heavy atom. The van der Waals surface area contributed by atoms with Gasteiger partial charge in [0.15, 0.2) is 0 Å². The number of rotatable bonds is 8. The molecule has 3 heteroatoms. The van der Waals surface area contributed by atoms with Crippen LogP contribution in [0.5, 0.6) is 0 Å². The minimum atomic E-state index is -0.297. The summed E-state index contributed by atoms with van der Waals surface area (Å²) in [4.78, 5) is 16.7. The van der Waals surface area contributed by atoms with E-state index in [1.807, 2.05) is 36.4 Å². The molecule has 1 amide bonds. The van der Waals surface area contributed by atoms with E-state index in [9.17, 15) is 4.79 Å². The van der Waals surface area contributed by atoms with Crippen molar-refractivity contribution < 1.29 is 4.79 Å². The lowest BCUT2D eigenvalue weighted by Crippen LogP contribution is -2.44. The third-order valence-corrected chi connectivity index (χ3v) is 7.67. The number of carbonyl (C=O) groups is 1. The smallest absolute Gasteiger partial charge is 0.235 e. The summed E-state index contributed by atoms with van der Waals surface area (Å²) >= 11 is 0. The van der Waals surface area contributed by atoms with E-state index in [1.54, 1.807) is 0 Å². The first kappa shape index (κ1) is 24.1. The molecule has 0 aliphatic heterocycles. The van der Waals surface area contributed by atoms with Crippen LogP contribution in [0.2, 0.25) is 0 Å². The molecule has 3 aromatic carbocycles. The molecule has 0 atom stereocenters. The van der Waals surface area contributed by atoms with Gasteiger partial charge >= 0.3 is 0 Å². The van der Waals surface area contributed by atoms with E-state index in [-0.39, 0.29) is 17.9 Å². The molecule has 4 aromatic rings. The molecule has 0 spiro atoms. The summed E-state index contributed by atoms with van der Waals surface area (Å²) in [6, 6.07) is 33.7. The Kier molecular flexibility index (Phi) is 7.66. The van der Waals surface area contributed by atoms with E-state index in [4.69, 9.17) is 0 Å². The number of hydrogen-bond donors (Lipinski definition) is 0. The summed E-state index contributed by atoms with van der Waals surface area (Å²) in [6.07, 6.45) is 7.97. The van der Waals surface area contributed by atoms with Gasteiger partial charge in [-0.2, -0.15) is 0 Å². The van der Waals surface area contributed by atoms with Crippen LogP contribution >= 0.6 is 0 Å². The third-order valence-electron chi connectivity index (χ3n) is 7.67. The average Bonchev–Trinajstić information content (AvgIpc) is 3.37. The second kappa shape index (κ2) is 11.4. The largest absolute Gasteiger partial charge is 0.345 e. The fraction of sp³-hybridized carbons (Fsp3) is 0.303.